The van der Waals surface area contributed by atoms with E-state index in [2.05, 4.69) is 19.7 Å². The fourth-order valence-electron chi connectivity index (χ4n) is 0.612. The Kier molecular flexibility index (Phi) is 6.68. The van der Waals surface area contributed by atoms with E-state index in [4.69, 9.17) is 0 Å². The van der Waals surface area contributed by atoms with Crippen molar-refractivity contribution in [2.45, 2.75) is 6.92 Å². The molecule has 0 spiro atoms. The second-order valence-corrected chi connectivity index (χ2v) is 1.85. The molecule has 0 aromatic heterocycles. The van der Waals surface area contributed by atoms with Crippen molar-refractivity contribution in [1.29, 1.82) is 0 Å². The molecule has 1 rings (SSSR count). The molecule has 0 unspecified atom stereocenters. The first-order valence-electron chi connectivity index (χ1n) is 3.04. The molecule has 54 valence electrons. The van der Waals surface area contributed by atoms with Crippen LogP contribution in [0, 0.1) is 6.07 Å². The van der Waals surface area contributed by atoms with E-state index in [-0.39, 0.29) is 5.78 Å². The van der Waals surface area contributed by atoms with Crippen molar-refractivity contribution < 1.29 is 21.1 Å². The third-order valence-corrected chi connectivity index (χ3v) is 1.11. The van der Waals surface area contributed by atoms with Crippen LogP contribution in [-0.4, -0.2) is 5.78 Å². The number of hydrogen-bond acceptors (Lipinski definition) is 1. The molecule has 0 amide bonds. The Labute approximate surface area is 83.2 Å². The maximum atomic E-state index is 10.6. The number of Topliss-reactive ketones (excluding diaryl/α,β-unsaturated/α-hetero) is 1. The van der Waals surface area contributed by atoms with Crippen molar-refractivity contribution in [2.24, 2.45) is 0 Å². The second kappa shape index (κ2) is 6.69. The van der Waals surface area contributed by atoms with E-state index < -0.39 is 0 Å². The predicted molar refractivity (Wildman–Crippen MR) is 44.2 cm³/mol. The molecular formula is C8H7BrOZn. The standard InChI is InChI=1S/C8H7O.BrH.Zn/c1-7(9)8-5-3-2-4-6-8;;/h2-3,5-6H,1H3;1H;/q-1;;+2/p-1. The molecule has 0 bridgehead atoms. The van der Waals surface area contributed by atoms with Crippen LogP contribution in [0.5, 0.6) is 0 Å². The Balaban J connectivity index is 0.000000461. The van der Waals surface area contributed by atoms with Crippen LogP contribution in [0.25, 0.3) is 0 Å². The van der Waals surface area contributed by atoms with Gasteiger partial charge in [0.15, 0.2) is 0 Å². The van der Waals surface area contributed by atoms with E-state index in [0.717, 1.165) is 5.56 Å². The molecule has 1 aromatic carbocycles. The van der Waals surface area contributed by atoms with E-state index in [0.29, 0.717) is 0 Å². The molecule has 0 saturated heterocycles. The summed E-state index contributed by atoms with van der Waals surface area (Å²) in [5, 5.41) is 0. The molecule has 0 aliphatic carbocycles. The zero-order chi connectivity index (χ0) is 8.69. The maximum absolute atomic E-state index is 10.6. The topological polar surface area (TPSA) is 17.1 Å². The van der Waals surface area contributed by atoms with E-state index in [1.807, 2.05) is 0 Å². The van der Waals surface area contributed by atoms with Gasteiger partial charge in [0.2, 0.25) is 0 Å². The molecule has 0 heterocycles. The summed E-state index contributed by atoms with van der Waals surface area (Å²) in [5.74, 6) is 0.0897. The van der Waals surface area contributed by atoms with E-state index >= 15 is 0 Å². The molecule has 0 radical (unpaired) electrons. The fraction of sp³-hybridized carbons (Fsp3) is 0.125. The van der Waals surface area contributed by atoms with Crippen LogP contribution >= 0.6 is 13.6 Å². The van der Waals surface area contributed by atoms with Gasteiger partial charge in [-0.1, -0.05) is 5.56 Å². The average molecular weight is 264 g/mol. The Bertz CT molecular complexity index is 211. The van der Waals surface area contributed by atoms with E-state index in [1.54, 1.807) is 31.2 Å². The summed E-state index contributed by atoms with van der Waals surface area (Å²) in [6, 6.07) is 9.85. The van der Waals surface area contributed by atoms with Gasteiger partial charge in [0.25, 0.3) is 0 Å². The Morgan fingerprint density at radius 1 is 1.64 bits per heavy atom. The number of carbonyl (C=O) groups excluding carboxylic acids is 1. The van der Waals surface area contributed by atoms with Crippen LogP contribution in [0.3, 0.4) is 0 Å². The van der Waals surface area contributed by atoms with Crippen molar-refractivity contribution in [3.05, 3.63) is 35.9 Å². The van der Waals surface area contributed by atoms with Crippen LogP contribution in [0.1, 0.15) is 17.3 Å². The third-order valence-electron chi connectivity index (χ3n) is 1.11. The van der Waals surface area contributed by atoms with Crippen LogP contribution in [-0.2, 0) is 16.3 Å². The number of ketones is 1. The molecule has 0 aliphatic heterocycles. The minimum atomic E-state index is 0.0897. The molecule has 0 atom stereocenters. The van der Waals surface area contributed by atoms with Gasteiger partial charge in [-0.05, 0) is 6.92 Å². The van der Waals surface area contributed by atoms with Gasteiger partial charge in [-0.3, -0.25) is 0 Å². The van der Waals surface area contributed by atoms with Gasteiger partial charge in [-0.15, -0.1) is 0 Å². The minimum absolute atomic E-state index is 0.0897. The fourth-order valence-corrected chi connectivity index (χ4v) is 0.612. The van der Waals surface area contributed by atoms with Crippen LogP contribution in [0.15, 0.2) is 24.3 Å². The first-order valence-corrected chi connectivity index (χ1v) is 9.99. The summed E-state index contributed by atoms with van der Waals surface area (Å²) in [7, 11) is 0. The predicted octanol–water partition coefficient (Wildman–Crippen LogP) is 2.53. The van der Waals surface area contributed by atoms with Crippen molar-refractivity contribution in [1.82, 2.24) is 0 Å². The third kappa shape index (κ3) is 4.44. The number of carbonyl (C=O) groups is 1. The van der Waals surface area contributed by atoms with E-state index in [9.17, 15) is 4.79 Å². The van der Waals surface area contributed by atoms with Gasteiger partial charge in [-0.25, -0.2) is 0 Å². The molecule has 1 nitrogen and oxygen atoms in total. The monoisotopic (exact) mass is 262 g/mol. The van der Waals surface area contributed by atoms with Gasteiger partial charge in [0, 0.05) is 0 Å². The Morgan fingerprint density at radius 3 is 2.55 bits per heavy atom. The summed E-state index contributed by atoms with van der Waals surface area (Å²) in [4.78, 5) is 10.6. The Hall–Kier alpha value is -0.00662. The zero-order valence-electron chi connectivity index (χ0n) is 6.30. The number of rotatable bonds is 1. The van der Waals surface area contributed by atoms with Gasteiger partial charge in [-0.2, -0.15) is 30.3 Å². The molecule has 1 aromatic rings. The summed E-state index contributed by atoms with van der Waals surface area (Å²) in [6.07, 6.45) is 0. The SMILES string of the molecule is CC(=O)c1c[c-]ccc1.[Zn+][Br]. The molecule has 3 heteroatoms. The molecule has 11 heavy (non-hydrogen) atoms. The molecule has 0 aliphatic rings. The van der Waals surface area contributed by atoms with E-state index in [1.165, 1.54) is 16.3 Å². The van der Waals surface area contributed by atoms with Gasteiger partial charge in [0.1, 0.15) is 5.78 Å². The summed E-state index contributed by atoms with van der Waals surface area (Å²) >= 11 is 4.25. The Morgan fingerprint density at radius 2 is 2.27 bits per heavy atom. The van der Waals surface area contributed by atoms with Crippen molar-refractivity contribution in [3.63, 3.8) is 0 Å². The average Bonchev–Trinajstić information content (AvgIpc) is 2.10. The normalized spacial score (nSPS) is 8.00. The summed E-state index contributed by atoms with van der Waals surface area (Å²) in [6.45, 7) is 1.54. The van der Waals surface area contributed by atoms with Gasteiger partial charge in [0.05, 0.1) is 0 Å². The van der Waals surface area contributed by atoms with Crippen molar-refractivity contribution in [3.8, 4) is 0 Å². The first kappa shape index (κ1) is 11.0. The number of hydrogen-bond donors (Lipinski definition) is 0. The van der Waals surface area contributed by atoms with Crippen LogP contribution in [0.4, 0.5) is 0 Å². The molecule has 0 fully saturated rings. The quantitative estimate of drug-likeness (QED) is 0.433. The number of benzene rings is 1. The van der Waals surface area contributed by atoms with Crippen LogP contribution < -0.4 is 0 Å². The first-order chi connectivity index (χ1) is 5.30. The molecule has 0 N–H and O–H groups in total. The van der Waals surface area contributed by atoms with Crippen molar-refractivity contribution in [2.75, 3.05) is 0 Å². The summed E-state index contributed by atoms with van der Waals surface area (Å²) < 4.78 is 0. The molecule has 0 saturated carbocycles. The van der Waals surface area contributed by atoms with Gasteiger partial charge >= 0.3 is 30.0 Å². The second-order valence-electron chi connectivity index (χ2n) is 1.85. The summed E-state index contributed by atoms with van der Waals surface area (Å²) in [5.41, 5.74) is 0.720. The van der Waals surface area contributed by atoms with Crippen molar-refractivity contribution >= 4 is 19.4 Å². The van der Waals surface area contributed by atoms with Gasteiger partial charge < -0.3 is 4.79 Å². The molecular weight excluding hydrogens is 257 g/mol. The number of halogens is 1. The zero-order valence-corrected chi connectivity index (χ0v) is 10.9. The van der Waals surface area contributed by atoms with Crippen LogP contribution in [0.2, 0.25) is 0 Å².